The zero-order chi connectivity index (χ0) is 13.8. The summed E-state index contributed by atoms with van der Waals surface area (Å²) in [4.78, 5) is 0.336. The summed E-state index contributed by atoms with van der Waals surface area (Å²) in [6, 6.07) is 6.89. The molecule has 0 spiro atoms. The molecular weight excluding hydrogens is 248 g/mol. The quantitative estimate of drug-likeness (QED) is 0.825. The third-order valence-electron chi connectivity index (χ3n) is 2.66. The van der Waals surface area contributed by atoms with Crippen LogP contribution in [0, 0.1) is 0 Å². The highest BCUT2D eigenvalue weighted by Crippen LogP contribution is 2.17. The molecule has 1 rings (SSSR count). The molecule has 0 saturated heterocycles. The van der Waals surface area contributed by atoms with E-state index in [9.17, 15) is 8.42 Å². The molecule has 0 radical (unpaired) electrons. The average molecular weight is 270 g/mol. The minimum absolute atomic E-state index is 0.0135. The molecule has 3 N–H and O–H groups in total. The van der Waals surface area contributed by atoms with Crippen LogP contribution < -0.4 is 10.5 Å². The van der Waals surface area contributed by atoms with Crippen molar-refractivity contribution < 1.29 is 8.42 Å². The predicted molar refractivity (Wildman–Crippen MR) is 73.9 cm³/mol. The molecule has 4 nitrogen and oxygen atoms in total. The standard InChI is InChI=1S/C13H22N2O2S/c1-4-12(14)9-11-7-5-6-8-13(11)18(16,17)15-10(2)3/h5-8,10,12,15H,4,9,14H2,1-3H3. The number of nitrogens with one attached hydrogen (secondary N) is 1. The van der Waals surface area contributed by atoms with Gasteiger partial charge in [-0.3, -0.25) is 0 Å². The van der Waals surface area contributed by atoms with Gasteiger partial charge in [-0.25, -0.2) is 13.1 Å². The Morgan fingerprint density at radius 1 is 1.28 bits per heavy atom. The second-order valence-corrected chi connectivity index (χ2v) is 6.44. The van der Waals surface area contributed by atoms with E-state index in [1.54, 1.807) is 26.0 Å². The lowest BCUT2D eigenvalue weighted by molar-refractivity contribution is 0.566. The normalized spacial score (nSPS) is 13.8. The van der Waals surface area contributed by atoms with Crippen molar-refractivity contribution in [3.05, 3.63) is 29.8 Å². The van der Waals surface area contributed by atoms with Crippen LogP contribution in [-0.4, -0.2) is 20.5 Å². The number of benzene rings is 1. The number of sulfonamides is 1. The van der Waals surface area contributed by atoms with Crippen molar-refractivity contribution in [2.24, 2.45) is 5.73 Å². The fraction of sp³-hybridized carbons (Fsp3) is 0.538. The van der Waals surface area contributed by atoms with Gasteiger partial charge < -0.3 is 5.73 Å². The first-order chi connectivity index (χ1) is 8.36. The molecule has 0 fully saturated rings. The molecule has 0 saturated carbocycles. The summed E-state index contributed by atoms with van der Waals surface area (Å²) in [6.45, 7) is 5.60. The maximum atomic E-state index is 12.2. The highest BCUT2D eigenvalue weighted by Gasteiger charge is 2.19. The van der Waals surface area contributed by atoms with E-state index in [0.29, 0.717) is 11.3 Å². The summed E-state index contributed by atoms with van der Waals surface area (Å²) in [5.41, 5.74) is 6.68. The van der Waals surface area contributed by atoms with Gasteiger partial charge in [-0.15, -0.1) is 0 Å². The number of hydrogen-bond donors (Lipinski definition) is 2. The maximum absolute atomic E-state index is 12.2. The second kappa shape index (κ2) is 6.31. The summed E-state index contributed by atoms with van der Waals surface area (Å²) in [7, 11) is -3.45. The average Bonchev–Trinajstić information content (AvgIpc) is 2.27. The molecular formula is C13H22N2O2S. The Morgan fingerprint density at radius 3 is 2.44 bits per heavy atom. The molecule has 0 aliphatic carbocycles. The highest BCUT2D eigenvalue weighted by atomic mass is 32.2. The summed E-state index contributed by atoms with van der Waals surface area (Å²) in [6.07, 6.45) is 1.40. The summed E-state index contributed by atoms with van der Waals surface area (Å²) >= 11 is 0. The van der Waals surface area contributed by atoms with Gasteiger partial charge in [-0.05, 0) is 38.3 Å². The van der Waals surface area contributed by atoms with E-state index in [-0.39, 0.29) is 12.1 Å². The zero-order valence-electron chi connectivity index (χ0n) is 11.2. The lowest BCUT2D eigenvalue weighted by Crippen LogP contribution is -2.31. The molecule has 0 aliphatic heterocycles. The van der Waals surface area contributed by atoms with Crippen molar-refractivity contribution >= 4 is 10.0 Å². The van der Waals surface area contributed by atoms with Gasteiger partial charge in [0.05, 0.1) is 4.90 Å². The van der Waals surface area contributed by atoms with E-state index in [1.807, 2.05) is 19.1 Å². The van der Waals surface area contributed by atoms with Gasteiger partial charge >= 0.3 is 0 Å². The van der Waals surface area contributed by atoms with Gasteiger partial charge in [-0.1, -0.05) is 25.1 Å². The molecule has 0 amide bonds. The van der Waals surface area contributed by atoms with E-state index in [0.717, 1.165) is 12.0 Å². The van der Waals surface area contributed by atoms with Gasteiger partial charge in [0.1, 0.15) is 0 Å². The third-order valence-corrected chi connectivity index (χ3v) is 4.42. The Morgan fingerprint density at radius 2 is 1.89 bits per heavy atom. The van der Waals surface area contributed by atoms with E-state index in [1.165, 1.54) is 0 Å². The van der Waals surface area contributed by atoms with Crippen LogP contribution in [0.15, 0.2) is 29.2 Å². The van der Waals surface area contributed by atoms with Crippen molar-refractivity contribution in [2.75, 3.05) is 0 Å². The van der Waals surface area contributed by atoms with Crippen molar-refractivity contribution in [3.63, 3.8) is 0 Å². The fourth-order valence-corrected chi connectivity index (χ4v) is 3.24. The van der Waals surface area contributed by atoms with Crippen LogP contribution in [0.5, 0.6) is 0 Å². The molecule has 1 aromatic rings. The molecule has 18 heavy (non-hydrogen) atoms. The predicted octanol–water partition coefficient (Wildman–Crippen LogP) is 1.65. The van der Waals surface area contributed by atoms with E-state index in [4.69, 9.17) is 5.73 Å². The van der Waals surface area contributed by atoms with Crippen LogP contribution >= 0.6 is 0 Å². The van der Waals surface area contributed by atoms with E-state index in [2.05, 4.69) is 4.72 Å². The van der Waals surface area contributed by atoms with Crippen molar-refractivity contribution in [1.29, 1.82) is 0 Å². The monoisotopic (exact) mass is 270 g/mol. The van der Waals surface area contributed by atoms with Gasteiger partial charge in [0, 0.05) is 12.1 Å². The Bertz CT molecular complexity index is 484. The van der Waals surface area contributed by atoms with Gasteiger partial charge in [-0.2, -0.15) is 0 Å². The molecule has 0 heterocycles. The van der Waals surface area contributed by atoms with E-state index < -0.39 is 10.0 Å². The molecule has 1 aromatic carbocycles. The zero-order valence-corrected chi connectivity index (χ0v) is 12.0. The SMILES string of the molecule is CCC(N)Cc1ccccc1S(=O)(=O)NC(C)C. The fourth-order valence-electron chi connectivity index (χ4n) is 1.74. The largest absolute Gasteiger partial charge is 0.327 e. The van der Waals surface area contributed by atoms with Crippen LogP contribution in [0.3, 0.4) is 0 Å². The summed E-state index contributed by atoms with van der Waals surface area (Å²) in [5.74, 6) is 0. The molecule has 1 atom stereocenters. The van der Waals surface area contributed by atoms with E-state index >= 15 is 0 Å². The van der Waals surface area contributed by atoms with Crippen LogP contribution in [0.1, 0.15) is 32.8 Å². The van der Waals surface area contributed by atoms with Crippen LogP contribution in [0.2, 0.25) is 0 Å². The molecule has 1 unspecified atom stereocenters. The smallest absolute Gasteiger partial charge is 0.241 e. The van der Waals surface area contributed by atoms with Crippen molar-refractivity contribution in [2.45, 2.75) is 50.6 Å². The highest BCUT2D eigenvalue weighted by molar-refractivity contribution is 7.89. The van der Waals surface area contributed by atoms with Crippen molar-refractivity contribution in [3.8, 4) is 0 Å². The number of hydrogen-bond acceptors (Lipinski definition) is 3. The first-order valence-electron chi connectivity index (χ1n) is 6.22. The minimum atomic E-state index is -3.45. The summed E-state index contributed by atoms with van der Waals surface area (Å²) < 4.78 is 27.0. The lowest BCUT2D eigenvalue weighted by Gasteiger charge is -2.15. The molecule has 102 valence electrons. The molecule has 5 heteroatoms. The minimum Gasteiger partial charge on any atom is -0.327 e. The maximum Gasteiger partial charge on any atom is 0.241 e. The van der Waals surface area contributed by atoms with Crippen LogP contribution in [0.25, 0.3) is 0 Å². The molecule has 0 aromatic heterocycles. The molecule has 0 bridgehead atoms. The topological polar surface area (TPSA) is 72.2 Å². The van der Waals surface area contributed by atoms with Crippen molar-refractivity contribution in [1.82, 2.24) is 4.72 Å². The Labute approximate surface area is 110 Å². The Balaban J connectivity index is 3.09. The van der Waals surface area contributed by atoms with Crippen LogP contribution in [0.4, 0.5) is 0 Å². The number of rotatable bonds is 6. The summed E-state index contributed by atoms with van der Waals surface area (Å²) in [5, 5.41) is 0. The molecule has 0 aliphatic rings. The van der Waals surface area contributed by atoms with Crippen LogP contribution in [-0.2, 0) is 16.4 Å². The lowest BCUT2D eigenvalue weighted by atomic mass is 10.1. The first kappa shape index (κ1) is 15.1. The second-order valence-electron chi connectivity index (χ2n) is 4.76. The first-order valence-corrected chi connectivity index (χ1v) is 7.71. The van der Waals surface area contributed by atoms with Gasteiger partial charge in [0.15, 0.2) is 0 Å². The number of nitrogens with two attached hydrogens (primary N) is 1. The Hall–Kier alpha value is -0.910. The van der Waals surface area contributed by atoms with Gasteiger partial charge in [0.25, 0.3) is 0 Å². The van der Waals surface area contributed by atoms with Gasteiger partial charge in [0.2, 0.25) is 10.0 Å². The third kappa shape index (κ3) is 4.08. The Kier molecular flexibility index (Phi) is 5.31.